The Morgan fingerprint density at radius 2 is 1.80 bits per heavy atom. The van der Waals surface area contributed by atoms with Gasteiger partial charge in [0.1, 0.15) is 0 Å². The minimum atomic E-state index is -0.598. The van der Waals surface area contributed by atoms with Crippen molar-refractivity contribution in [2.45, 2.75) is 0 Å². The molecule has 2 aromatic rings. The third-order valence-corrected chi connectivity index (χ3v) is 3.40. The maximum absolute atomic E-state index is 12.2. The Labute approximate surface area is 148 Å². The summed E-state index contributed by atoms with van der Waals surface area (Å²) in [5, 5.41) is 18.4. The number of benzene rings is 2. The summed E-state index contributed by atoms with van der Waals surface area (Å²) < 4.78 is 0. The molecule has 128 valence electrons. The van der Waals surface area contributed by atoms with Gasteiger partial charge in [-0.2, -0.15) is 0 Å². The van der Waals surface area contributed by atoms with Gasteiger partial charge in [-0.05, 0) is 30.4 Å². The highest BCUT2D eigenvalue weighted by Gasteiger charge is 2.14. The lowest BCUT2D eigenvalue weighted by atomic mass is 10.1. The number of hydrogen-bond donors (Lipinski definition) is 3. The van der Waals surface area contributed by atoms with Gasteiger partial charge in [-0.3, -0.25) is 25.0 Å². The van der Waals surface area contributed by atoms with Crippen LogP contribution in [-0.4, -0.2) is 28.9 Å². The lowest BCUT2D eigenvalue weighted by molar-refractivity contribution is -0.384. The first-order valence-corrected chi connectivity index (χ1v) is 7.51. The number of hydrogen-bond acceptors (Lipinski definition) is 5. The molecule has 2 amide bonds. The number of nitrogens with one attached hydrogen (secondary N) is 3. The first kappa shape index (κ1) is 18.0. The van der Waals surface area contributed by atoms with Crippen LogP contribution in [0.25, 0.3) is 0 Å². The summed E-state index contributed by atoms with van der Waals surface area (Å²) in [5.74, 6) is -0.908. The van der Waals surface area contributed by atoms with Crippen molar-refractivity contribution >= 4 is 40.5 Å². The van der Waals surface area contributed by atoms with Gasteiger partial charge in [0, 0.05) is 24.7 Å². The van der Waals surface area contributed by atoms with Crippen LogP contribution in [0.2, 0.25) is 0 Å². The summed E-state index contributed by atoms with van der Waals surface area (Å²) >= 11 is 5.07. The zero-order valence-electron chi connectivity index (χ0n) is 13.1. The van der Waals surface area contributed by atoms with E-state index in [0.29, 0.717) is 11.3 Å². The Kier molecular flexibility index (Phi) is 5.75. The van der Waals surface area contributed by atoms with Crippen LogP contribution in [0.3, 0.4) is 0 Å². The van der Waals surface area contributed by atoms with Crippen LogP contribution in [0.5, 0.6) is 0 Å². The number of nitro groups is 1. The molecular weight excluding hydrogens is 344 g/mol. The van der Waals surface area contributed by atoms with Gasteiger partial charge in [0.15, 0.2) is 5.11 Å². The number of rotatable bonds is 4. The predicted molar refractivity (Wildman–Crippen MR) is 96.6 cm³/mol. The van der Waals surface area contributed by atoms with E-state index < -0.39 is 10.8 Å². The van der Waals surface area contributed by atoms with Crippen molar-refractivity contribution < 1.29 is 14.5 Å². The van der Waals surface area contributed by atoms with Crippen molar-refractivity contribution in [1.29, 1.82) is 0 Å². The SMILES string of the molecule is CNC(=O)c1ccccc1NC(=S)NC(=O)c1cccc([N+](=O)[O-])c1. The molecule has 3 N–H and O–H groups in total. The van der Waals surface area contributed by atoms with Gasteiger partial charge in [0.05, 0.1) is 16.2 Å². The first-order valence-electron chi connectivity index (χ1n) is 7.10. The average Bonchev–Trinajstić information content (AvgIpc) is 2.61. The van der Waals surface area contributed by atoms with E-state index in [2.05, 4.69) is 16.0 Å². The van der Waals surface area contributed by atoms with Crippen LogP contribution in [-0.2, 0) is 0 Å². The minimum Gasteiger partial charge on any atom is -0.355 e. The molecule has 0 radical (unpaired) electrons. The molecular formula is C16H14N4O4S. The van der Waals surface area contributed by atoms with Gasteiger partial charge >= 0.3 is 0 Å². The predicted octanol–water partition coefficient (Wildman–Crippen LogP) is 2.08. The topological polar surface area (TPSA) is 113 Å². The van der Waals surface area contributed by atoms with Crippen molar-refractivity contribution in [3.8, 4) is 0 Å². The first-order chi connectivity index (χ1) is 11.9. The summed E-state index contributed by atoms with van der Waals surface area (Å²) in [6.07, 6.45) is 0. The van der Waals surface area contributed by atoms with E-state index in [-0.39, 0.29) is 22.3 Å². The molecule has 2 rings (SSSR count). The smallest absolute Gasteiger partial charge is 0.270 e. The van der Waals surface area contributed by atoms with Crippen molar-refractivity contribution in [3.63, 3.8) is 0 Å². The molecule has 25 heavy (non-hydrogen) atoms. The average molecular weight is 358 g/mol. The lowest BCUT2D eigenvalue weighted by Crippen LogP contribution is -2.34. The largest absolute Gasteiger partial charge is 0.355 e. The Balaban J connectivity index is 2.11. The van der Waals surface area contributed by atoms with E-state index in [4.69, 9.17) is 12.2 Å². The Morgan fingerprint density at radius 1 is 1.08 bits per heavy atom. The van der Waals surface area contributed by atoms with Crippen molar-refractivity contribution in [2.24, 2.45) is 0 Å². The molecule has 0 atom stereocenters. The molecule has 0 heterocycles. The fourth-order valence-corrected chi connectivity index (χ4v) is 2.22. The fourth-order valence-electron chi connectivity index (χ4n) is 2.01. The number of non-ortho nitro benzene ring substituents is 1. The molecule has 0 aromatic heterocycles. The summed E-state index contributed by atoms with van der Waals surface area (Å²) in [6.45, 7) is 0. The summed E-state index contributed by atoms with van der Waals surface area (Å²) in [4.78, 5) is 34.1. The molecule has 9 heteroatoms. The molecule has 0 aliphatic carbocycles. The van der Waals surface area contributed by atoms with Crippen LogP contribution >= 0.6 is 12.2 Å². The third-order valence-electron chi connectivity index (χ3n) is 3.19. The molecule has 0 saturated carbocycles. The lowest BCUT2D eigenvalue weighted by Gasteiger charge is -2.12. The maximum Gasteiger partial charge on any atom is 0.270 e. The second-order valence-electron chi connectivity index (χ2n) is 4.84. The van der Waals surface area contributed by atoms with Crippen LogP contribution in [0.4, 0.5) is 11.4 Å². The van der Waals surface area contributed by atoms with Crippen molar-refractivity contribution in [2.75, 3.05) is 12.4 Å². The van der Waals surface area contributed by atoms with E-state index in [9.17, 15) is 19.7 Å². The monoisotopic (exact) mass is 358 g/mol. The normalized spacial score (nSPS) is 9.80. The molecule has 0 bridgehead atoms. The number of nitro benzene ring substituents is 1. The van der Waals surface area contributed by atoms with E-state index in [0.717, 1.165) is 6.07 Å². The van der Waals surface area contributed by atoms with Gasteiger partial charge < -0.3 is 10.6 Å². The fraction of sp³-hybridized carbons (Fsp3) is 0.0625. The van der Waals surface area contributed by atoms with Gasteiger partial charge in [-0.1, -0.05) is 18.2 Å². The number of carbonyl (C=O) groups is 2. The van der Waals surface area contributed by atoms with Crippen LogP contribution in [0.15, 0.2) is 48.5 Å². The van der Waals surface area contributed by atoms with E-state index in [1.165, 1.54) is 25.2 Å². The van der Waals surface area contributed by atoms with Crippen molar-refractivity contribution in [3.05, 3.63) is 69.8 Å². The van der Waals surface area contributed by atoms with Gasteiger partial charge in [-0.15, -0.1) is 0 Å². The van der Waals surface area contributed by atoms with Crippen LogP contribution in [0, 0.1) is 10.1 Å². The third kappa shape index (κ3) is 4.58. The van der Waals surface area contributed by atoms with E-state index in [1.54, 1.807) is 24.3 Å². The molecule has 2 aromatic carbocycles. The number of anilines is 1. The summed E-state index contributed by atoms with van der Waals surface area (Å²) in [5.41, 5.74) is 0.678. The van der Waals surface area contributed by atoms with Gasteiger partial charge in [0.2, 0.25) is 0 Å². The highest BCUT2D eigenvalue weighted by Crippen LogP contribution is 2.15. The number of nitrogens with zero attached hydrogens (tertiary/aromatic N) is 1. The number of amides is 2. The van der Waals surface area contributed by atoms with E-state index in [1.807, 2.05) is 0 Å². The number of para-hydroxylation sites is 1. The standard InChI is InChI=1S/C16H14N4O4S/c1-17-15(22)12-7-2-3-8-13(12)18-16(25)19-14(21)10-5-4-6-11(9-10)20(23)24/h2-9H,1H3,(H,17,22)(H2,18,19,21,25). The van der Waals surface area contributed by atoms with Crippen molar-refractivity contribution in [1.82, 2.24) is 10.6 Å². The van der Waals surface area contributed by atoms with E-state index >= 15 is 0 Å². The quantitative estimate of drug-likeness (QED) is 0.438. The maximum atomic E-state index is 12.2. The molecule has 8 nitrogen and oxygen atoms in total. The molecule has 0 saturated heterocycles. The molecule has 0 aliphatic heterocycles. The highest BCUT2D eigenvalue weighted by atomic mass is 32.1. The summed E-state index contributed by atoms with van der Waals surface area (Å²) in [7, 11) is 1.50. The minimum absolute atomic E-state index is 0.0344. The molecule has 0 aliphatic rings. The molecule has 0 unspecified atom stereocenters. The van der Waals surface area contributed by atoms with Crippen LogP contribution in [0.1, 0.15) is 20.7 Å². The second-order valence-corrected chi connectivity index (χ2v) is 5.25. The van der Waals surface area contributed by atoms with Gasteiger partial charge in [-0.25, -0.2) is 0 Å². The Morgan fingerprint density at radius 3 is 2.48 bits per heavy atom. The highest BCUT2D eigenvalue weighted by molar-refractivity contribution is 7.80. The zero-order chi connectivity index (χ0) is 18.4. The molecule has 0 fully saturated rings. The Hall–Kier alpha value is -3.33. The number of thiocarbonyl (C=S) groups is 1. The second kappa shape index (κ2) is 7.97. The van der Waals surface area contributed by atoms with Crippen LogP contribution < -0.4 is 16.0 Å². The zero-order valence-corrected chi connectivity index (χ0v) is 13.9. The number of carbonyl (C=O) groups excluding carboxylic acids is 2. The Bertz CT molecular complexity index is 854. The molecule has 0 spiro atoms. The summed E-state index contributed by atoms with van der Waals surface area (Å²) in [6, 6.07) is 11.9. The van der Waals surface area contributed by atoms with Gasteiger partial charge in [0.25, 0.3) is 17.5 Å².